The highest BCUT2D eigenvalue weighted by atomic mass is 16.5. The van der Waals surface area contributed by atoms with Gasteiger partial charge >= 0.3 is 0 Å². The smallest absolute Gasteiger partial charge is 0.147 e. The Morgan fingerprint density at radius 1 is 1.59 bits per heavy atom. The van der Waals surface area contributed by atoms with Gasteiger partial charge in [0.2, 0.25) is 0 Å². The van der Waals surface area contributed by atoms with Gasteiger partial charge in [-0.05, 0) is 6.92 Å². The molecule has 0 aromatic carbocycles. The van der Waals surface area contributed by atoms with E-state index < -0.39 is 0 Å². The fourth-order valence-electron chi connectivity index (χ4n) is 1.52. The second kappa shape index (κ2) is 6.85. The molecule has 1 aromatic rings. The molecule has 0 spiro atoms. The molecule has 0 saturated heterocycles. The van der Waals surface area contributed by atoms with Crippen LogP contribution in [0.5, 0.6) is 0 Å². The monoisotopic (exact) mass is 240 g/mol. The lowest BCUT2D eigenvalue weighted by atomic mass is 10.3. The molecule has 0 saturated carbocycles. The fourth-order valence-corrected chi connectivity index (χ4v) is 1.52. The van der Waals surface area contributed by atoms with Crippen LogP contribution in [0.1, 0.15) is 13.3 Å². The molecule has 3 N–H and O–H groups in total. The summed E-state index contributed by atoms with van der Waals surface area (Å²) < 4.78 is 6.89. The minimum absolute atomic E-state index is 0.183. The van der Waals surface area contributed by atoms with Crippen molar-refractivity contribution in [1.82, 2.24) is 15.0 Å². The third kappa shape index (κ3) is 4.03. The van der Waals surface area contributed by atoms with Crippen LogP contribution in [0.15, 0.2) is 6.20 Å². The number of anilines is 1. The van der Waals surface area contributed by atoms with Crippen LogP contribution in [0, 0.1) is 5.41 Å². The van der Waals surface area contributed by atoms with Crippen molar-refractivity contribution in [1.29, 1.82) is 5.41 Å². The van der Waals surface area contributed by atoms with Gasteiger partial charge < -0.3 is 15.4 Å². The van der Waals surface area contributed by atoms with Crippen molar-refractivity contribution in [3.8, 4) is 0 Å². The number of nitrogens with zero attached hydrogens (tertiary/aromatic N) is 4. The SMILES string of the molecule is CCn1nncc1N(CCOC)CCC(=N)N. The van der Waals surface area contributed by atoms with E-state index in [1.165, 1.54) is 0 Å². The van der Waals surface area contributed by atoms with Crippen LogP contribution >= 0.6 is 0 Å². The number of aromatic nitrogens is 3. The maximum atomic E-state index is 7.27. The Morgan fingerprint density at radius 2 is 2.35 bits per heavy atom. The van der Waals surface area contributed by atoms with Gasteiger partial charge in [0.1, 0.15) is 5.82 Å². The predicted molar refractivity (Wildman–Crippen MR) is 66.3 cm³/mol. The molecule has 17 heavy (non-hydrogen) atoms. The van der Waals surface area contributed by atoms with E-state index in [-0.39, 0.29) is 5.84 Å². The quantitative estimate of drug-likeness (QED) is 0.495. The molecule has 1 rings (SSSR count). The number of aryl methyl sites for hydroxylation is 1. The van der Waals surface area contributed by atoms with E-state index in [1.807, 2.05) is 11.6 Å². The van der Waals surface area contributed by atoms with Crippen LogP contribution in [0.2, 0.25) is 0 Å². The molecule has 0 aliphatic carbocycles. The van der Waals surface area contributed by atoms with E-state index in [4.69, 9.17) is 15.9 Å². The van der Waals surface area contributed by atoms with Crippen LogP contribution in [0.3, 0.4) is 0 Å². The summed E-state index contributed by atoms with van der Waals surface area (Å²) in [6.45, 7) is 4.80. The summed E-state index contributed by atoms with van der Waals surface area (Å²) in [5, 5.41) is 15.2. The van der Waals surface area contributed by atoms with Gasteiger partial charge in [-0.15, -0.1) is 5.10 Å². The molecule has 7 nitrogen and oxygen atoms in total. The molecule has 96 valence electrons. The minimum atomic E-state index is 0.183. The van der Waals surface area contributed by atoms with Crippen molar-refractivity contribution in [2.75, 3.05) is 31.7 Å². The van der Waals surface area contributed by atoms with Crippen LogP contribution in [-0.4, -0.2) is 47.6 Å². The van der Waals surface area contributed by atoms with Gasteiger partial charge in [-0.3, -0.25) is 5.41 Å². The Hall–Kier alpha value is -1.63. The molecule has 0 unspecified atom stereocenters. The Bertz CT molecular complexity index is 350. The van der Waals surface area contributed by atoms with Gasteiger partial charge in [0.05, 0.1) is 18.6 Å². The molecule has 1 aromatic heterocycles. The first-order valence-electron chi connectivity index (χ1n) is 5.64. The van der Waals surface area contributed by atoms with Crippen LogP contribution in [0.25, 0.3) is 0 Å². The predicted octanol–water partition coefficient (Wildman–Crippen LogP) is 0.0769. The highest BCUT2D eigenvalue weighted by Gasteiger charge is 2.12. The lowest BCUT2D eigenvalue weighted by Crippen LogP contribution is -2.32. The normalized spacial score (nSPS) is 10.5. The average molecular weight is 240 g/mol. The summed E-state index contributed by atoms with van der Waals surface area (Å²) in [4.78, 5) is 2.08. The van der Waals surface area contributed by atoms with Crippen molar-refractivity contribution >= 4 is 11.7 Å². The summed E-state index contributed by atoms with van der Waals surface area (Å²) in [6.07, 6.45) is 2.25. The Morgan fingerprint density at radius 3 is 2.94 bits per heavy atom. The van der Waals surface area contributed by atoms with Gasteiger partial charge in [-0.2, -0.15) is 0 Å². The van der Waals surface area contributed by atoms with Crippen molar-refractivity contribution < 1.29 is 4.74 Å². The maximum absolute atomic E-state index is 7.27. The number of methoxy groups -OCH3 is 1. The Balaban J connectivity index is 2.70. The summed E-state index contributed by atoms with van der Waals surface area (Å²) in [5.41, 5.74) is 5.38. The first kappa shape index (κ1) is 13.4. The number of nitrogens with two attached hydrogens (primary N) is 1. The number of ether oxygens (including phenoxy) is 1. The van der Waals surface area contributed by atoms with Gasteiger partial charge in [0, 0.05) is 33.2 Å². The second-order valence-corrected chi connectivity index (χ2v) is 3.66. The first-order chi connectivity index (χ1) is 8.19. The van der Waals surface area contributed by atoms with Gasteiger partial charge in [-0.25, -0.2) is 4.68 Å². The topological polar surface area (TPSA) is 93.0 Å². The number of hydrogen-bond acceptors (Lipinski definition) is 5. The number of hydrogen-bond donors (Lipinski definition) is 2. The molecule has 0 amide bonds. The zero-order valence-electron chi connectivity index (χ0n) is 10.4. The Kier molecular flexibility index (Phi) is 5.41. The van der Waals surface area contributed by atoms with Crippen molar-refractivity contribution in [2.45, 2.75) is 19.9 Å². The fraction of sp³-hybridized carbons (Fsp3) is 0.700. The molecule has 0 bridgehead atoms. The average Bonchev–Trinajstić information content (AvgIpc) is 2.77. The van der Waals surface area contributed by atoms with Gasteiger partial charge in [-0.1, -0.05) is 5.21 Å². The lowest BCUT2D eigenvalue weighted by Gasteiger charge is -2.23. The molecular weight excluding hydrogens is 220 g/mol. The number of rotatable bonds is 8. The van der Waals surface area contributed by atoms with Gasteiger partial charge in [0.25, 0.3) is 0 Å². The Labute approximate surface area is 101 Å². The van der Waals surface area contributed by atoms with Crippen LogP contribution in [0.4, 0.5) is 5.82 Å². The molecule has 0 radical (unpaired) electrons. The molecule has 0 atom stereocenters. The summed E-state index contributed by atoms with van der Waals surface area (Å²) >= 11 is 0. The minimum Gasteiger partial charge on any atom is -0.388 e. The highest BCUT2D eigenvalue weighted by molar-refractivity contribution is 5.77. The maximum Gasteiger partial charge on any atom is 0.147 e. The number of nitrogens with one attached hydrogen (secondary N) is 1. The van der Waals surface area contributed by atoms with Crippen LogP contribution < -0.4 is 10.6 Å². The molecule has 1 heterocycles. The van der Waals surface area contributed by atoms with E-state index in [0.717, 1.165) is 18.9 Å². The summed E-state index contributed by atoms with van der Waals surface area (Å²) in [5.74, 6) is 1.12. The van der Waals surface area contributed by atoms with Crippen molar-refractivity contribution in [3.63, 3.8) is 0 Å². The highest BCUT2D eigenvalue weighted by Crippen LogP contribution is 2.12. The lowest BCUT2D eigenvalue weighted by molar-refractivity contribution is 0.205. The van der Waals surface area contributed by atoms with E-state index >= 15 is 0 Å². The molecule has 7 heteroatoms. The van der Waals surface area contributed by atoms with E-state index in [0.29, 0.717) is 19.6 Å². The van der Waals surface area contributed by atoms with E-state index in [1.54, 1.807) is 13.3 Å². The van der Waals surface area contributed by atoms with Crippen molar-refractivity contribution in [3.05, 3.63) is 6.20 Å². The summed E-state index contributed by atoms with van der Waals surface area (Å²) in [6, 6.07) is 0. The van der Waals surface area contributed by atoms with Crippen LogP contribution in [-0.2, 0) is 11.3 Å². The standard InChI is InChI=1S/C10H20N6O/c1-3-16-10(8-13-14-16)15(6-7-17-2)5-4-9(11)12/h8H,3-7H2,1-2H3,(H3,11,12). The number of amidine groups is 1. The molecule has 0 aliphatic heterocycles. The third-order valence-corrected chi connectivity index (χ3v) is 2.44. The molecule has 0 aliphatic rings. The zero-order valence-corrected chi connectivity index (χ0v) is 10.4. The first-order valence-corrected chi connectivity index (χ1v) is 5.64. The van der Waals surface area contributed by atoms with Gasteiger partial charge in [0.15, 0.2) is 0 Å². The zero-order chi connectivity index (χ0) is 12.7. The van der Waals surface area contributed by atoms with Crippen molar-refractivity contribution in [2.24, 2.45) is 5.73 Å². The largest absolute Gasteiger partial charge is 0.388 e. The van der Waals surface area contributed by atoms with E-state index in [2.05, 4.69) is 15.2 Å². The summed E-state index contributed by atoms with van der Waals surface area (Å²) in [7, 11) is 1.67. The molecule has 0 fully saturated rings. The molecular formula is C10H20N6O. The van der Waals surface area contributed by atoms with E-state index in [9.17, 15) is 0 Å². The second-order valence-electron chi connectivity index (χ2n) is 3.66. The third-order valence-electron chi connectivity index (χ3n) is 2.44.